The Kier molecular flexibility index (Phi) is 2.59. The lowest BCUT2D eigenvalue weighted by Crippen LogP contribution is -2.31. The molecule has 2 amide bonds. The number of benzene rings is 1. The number of carbonyl (C=O) groups is 2. The average Bonchev–Trinajstić information content (AvgIpc) is 2.95. The fraction of sp³-hybridized carbons (Fsp3) is 0.143. The molecule has 1 aromatic carbocycles. The minimum Gasteiger partial charge on any atom is -0.361 e. The van der Waals surface area contributed by atoms with Gasteiger partial charge in [0, 0.05) is 36.1 Å². The van der Waals surface area contributed by atoms with Crippen LogP contribution in [0.1, 0.15) is 6.92 Å². The maximum absolute atomic E-state index is 11.6. The number of aromatic nitrogens is 1. The lowest BCUT2D eigenvalue weighted by atomic mass is 10.2. The third kappa shape index (κ3) is 2.10. The normalized spacial score (nSPS) is 14.9. The van der Waals surface area contributed by atoms with Crippen molar-refractivity contribution in [1.82, 2.24) is 9.88 Å². The fourth-order valence-electron chi connectivity index (χ4n) is 2.17. The average molecular weight is 255 g/mol. The Bertz CT molecular complexity index is 700. The van der Waals surface area contributed by atoms with Crippen molar-refractivity contribution in [1.29, 1.82) is 0 Å². The van der Waals surface area contributed by atoms with Gasteiger partial charge in [0.15, 0.2) is 0 Å². The molecule has 1 aliphatic rings. The molecule has 1 aromatic heterocycles. The highest BCUT2D eigenvalue weighted by atomic mass is 16.2. The predicted molar refractivity (Wildman–Crippen MR) is 72.4 cm³/mol. The van der Waals surface area contributed by atoms with Crippen molar-refractivity contribution in [2.45, 2.75) is 6.92 Å². The predicted octanol–water partition coefficient (Wildman–Crippen LogP) is 1.85. The molecule has 3 rings (SSSR count). The highest BCUT2D eigenvalue weighted by Crippen LogP contribution is 2.20. The molecule has 0 bridgehead atoms. The molecule has 2 aromatic rings. The van der Waals surface area contributed by atoms with Gasteiger partial charge in [0.05, 0.1) is 6.54 Å². The zero-order valence-corrected chi connectivity index (χ0v) is 10.4. The largest absolute Gasteiger partial charge is 0.361 e. The van der Waals surface area contributed by atoms with Crippen LogP contribution in [0.4, 0.5) is 5.69 Å². The van der Waals surface area contributed by atoms with Crippen molar-refractivity contribution in [2.24, 2.45) is 0 Å². The van der Waals surface area contributed by atoms with E-state index in [2.05, 4.69) is 10.3 Å². The minimum absolute atomic E-state index is 0.238. The standard InChI is InChI=1S/C14H13N3O2/c1-9(18)17-8-12(7-14(17)19)16-11-3-2-10-4-5-15-13(10)6-11/h2-7,15-16H,8H2,1H3. The van der Waals surface area contributed by atoms with Gasteiger partial charge in [-0.1, -0.05) is 6.07 Å². The molecule has 0 saturated heterocycles. The molecule has 19 heavy (non-hydrogen) atoms. The number of rotatable bonds is 2. The first-order chi connectivity index (χ1) is 9.13. The van der Waals surface area contributed by atoms with Crippen LogP contribution in [-0.4, -0.2) is 28.2 Å². The van der Waals surface area contributed by atoms with Crippen molar-refractivity contribution in [2.75, 3.05) is 11.9 Å². The molecule has 1 aliphatic heterocycles. The van der Waals surface area contributed by atoms with Crippen LogP contribution >= 0.6 is 0 Å². The van der Waals surface area contributed by atoms with Crippen LogP contribution in [0, 0.1) is 0 Å². The van der Waals surface area contributed by atoms with Gasteiger partial charge in [-0.3, -0.25) is 14.5 Å². The maximum Gasteiger partial charge on any atom is 0.255 e. The number of hydrogen-bond donors (Lipinski definition) is 2. The summed E-state index contributed by atoms with van der Waals surface area (Å²) in [6, 6.07) is 7.90. The van der Waals surface area contributed by atoms with E-state index in [4.69, 9.17) is 0 Å². The smallest absolute Gasteiger partial charge is 0.255 e. The van der Waals surface area contributed by atoms with Crippen LogP contribution in [0.2, 0.25) is 0 Å². The third-order valence-electron chi connectivity index (χ3n) is 3.13. The van der Waals surface area contributed by atoms with Gasteiger partial charge in [-0.2, -0.15) is 0 Å². The molecule has 0 fully saturated rings. The van der Waals surface area contributed by atoms with Gasteiger partial charge in [0.2, 0.25) is 5.91 Å². The molecule has 0 spiro atoms. The number of hydrogen-bond acceptors (Lipinski definition) is 3. The number of aromatic amines is 1. The third-order valence-corrected chi connectivity index (χ3v) is 3.13. The summed E-state index contributed by atoms with van der Waals surface area (Å²) in [5, 5.41) is 4.30. The maximum atomic E-state index is 11.6. The summed E-state index contributed by atoms with van der Waals surface area (Å²) in [6.45, 7) is 1.69. The van der Waals surface area contributed by atoms with Crippen LogP contribution in [-0.2, 0) is 9.59 Å². The first kappa shape index (κ1) is 11.5. The number of amides is 2. The summed E-state index contributed by atoms with van der Waals surface area (Å²) in [5.74, 6) is -0.506. The van der Waals surface area contributed by atoms with Crippen LogP contribution in [0.5, 0.6) is 0 Å². The first-order valence-electron chi connectivity index (χ1n) is 6.00. The quantitative estimate of drug-likeness (QED) is 0.860. The lowest BCUT2D eigenvalue weighted by molar-refractivity contribution is -0.138. The number of H-pyrrole nitrogens is 1. The summed E-state index contributed by atoms with van der Waals surface area (Å²) in [5.41, 5.74) is 2.64. The van der Waals surface area contributed by atoms with E-state index in [0.717, 1.165) is 22.3 Å². The Labute approximate surface area is 109 Å². The topological polar surface area (TPSA) is 65.2 Å². The zero-order chi connectivity index (χ0) is 13.4. The molecule has 96 valence electrons. The van der Waals surface area contributed by atoms with Crippen molar-refractivity contribution >= 4 is 28.4 Å². The Morgan fingerprint density at radius 3 is 2.95 bits per heavy atom. The molecule has 0 atom stereocenters. The van der Waals surface area contributed by atoms with Crippen molar-refractivity contribution in [3.05, 3.63) is 42.2 Å². The summed E-state index contributed by atoms with van der Waals surface area (Å²) in [6.07, 6.45) is 3.34. The highest BCUT2D eigenvalue weighted by molar-refractivity contribution is 6.03. The molecule has 2 heterocycles. The molecule has 0 radical (unpaired) electrons. The molecule has 0 saturated carbocycles. The molecular formula is C14H13N3O2. The number of fused-ring (bicyclic) bond motifs is 1. The second-order valence-electron chi connectivity index (χ2n) is 4.52. The van der Waals surface area contributed by atoms with Gasteiger partial charge < -0.3 is 10.3 Å². The zero-order valence-electron chi connectivity index (χ0n) is 10.4. The number of anilines is 1. The van der Waals surface area contributed by atoms with E-state index in [9.17, 15) is 9.59 Å². The van der Waals surface area contributed by atoms with Crippen LogP contribution in [0.15, 0.2) is 42.2 Å². The van der Waals surface area contributed by atoms with E-state index < -0.39 is 0 Å². The van der Waals surface area contributed by atoms with Crippen molar-refractivity contribution in [3.8, 4) is 0 Å². The van der Waals surface area contributed by atoms with Gasteiger partial charge in [0.25, 0.3) is 5.91 Å². The summed E-state index contributed by atoms with van der Waals surface area (Å²) >= 11 is 0. The lowest BCUT2D eigenvalue weighted by Gasteiger charge is -2.12. The second-order valence-corrected chi connectivity index (χ2v) is 4.52. The van der Waals surface area contributed by atoms with Crippen LogP contribution < -0.4 is 5.32 Å². The molecule has 5 nitrogen and oxygen atoms in total. The van der Waals surface area contributed by atoms with Gasteiger partial charge >= 0.3 is 0 Å². The monoisotopic (exact) mass is 255 g/mol. The summed E-state index contributed by atoms with van der Waals surface area (Å²) in [7, 11) is 0. The van der Waals surface area contributed by atoms with Crippen LogP contribution in [0.25, 0.3) is 10.9 Å². The summed E-state index contributed by atoms with van der Waals surface area (Å²) in [4.78, 5) is 27.1. The van der Waals surface area contributed by atoms with E-state index >= 15 is 0 Å². The van der Waals surface area contributed by atoms with Gasteiger partial charge in [0.1, 0.15) is 0 Å². The van der Waals surface area contributed by atoms with E-state index in [-0.39, 0.29) is 11.8 Å². The summed E-state index contributed by atoms with van der Waals surface area (Å²) < 4.78 is 0. The first-order valence-corrected chi connectivity index (χ1v) is 6.00. The number of nitrogens with zero attached hydrogens (tertiary/aromatic N) is 1. The fourth-order valence-corrected chi connectivity index (χ4v) is 2.17. The molecule has 0 unspecified atom stereocenters. The van der Waals surface area contributed by atoms with E-state index in [1.54, 1.807) is 0 Å². The molecule has 0 aliphatic carbocycles. The minimum atomic E-state index is -0.268. The number of carbonyl (C=O) groups excluding carboxylic acids is 2. The van der Waals surface area contributed by atoms with Gasteiger partial charge in [-0.05, 0) is 23.6 Å². The van der Waals surface area contributed by atoms with E-state index in [1.165, 1.54) is 17.9 Å². The van der Waals surface area contributed by atoms with E-state index in [0.29, 0.717) is 6.54 Å². The van der Waals surface area contributed by atoms with Gasteiger partial charge in [-0.15, -0.1) is 0 Å². The molecular weight excluding hydrogens is 242 g/mol. The van der Waals surface area contributed by atoms with Gasteiger partial charge in [-0.25, -0.2) is 0 Å². The Morgan fingerprint density at radius 2 is 2.21 bits per heavy atom. The van der Waals surface area contributed by atoms with Crippen molar-refractivity contribution < 1.29 is 9.59 Å². The SMILES string of the molecule is CC(=O)N1CC(Nc2ccc3cc[nH]c3c2)=CC1=O. The second kappa shape index (κ2) is 4.28. The Hall–Kier alpha value is -2.56. The van der Waals surface area contributed by atoms with Crippen LogP contribution in [0.3, 0.4) is 0 Å². The number of imide groups is 1. The number of nitrogens with one attached hydrogen (secondary N) is 2. The Morgan fingerprint density at radius 1 is 1.37 bits per heavy atom. The molecule has 2 N–H and O–H groups in total. The van der Waals surface area contributed by atoms with E-state index in [1.807, 2.05) is 30.5 Å². The Balaban J connectivity index is 1.80. The van der Waals surface area contributed by atoms with Crippen molar-refractivity contribution in [3.63, 3.8) is 0 Å². The molecule has 5 heteroatoms. The highest BCUT2D eigenvalue weighted by Gasteiger charge is 2.24.